The van der Waals surface area contributed by atoms with E-state index in [4.69, 9.17) is 0 Å². The number of Topliss-reactive ketones (excluding diaryl/α,β-unsaturated/α-hetero) is 1. The van der Waals surface area contributed by atoms with Gasteiger partial charge in [-0.2, -0.15) is 5.10 Å². The second-order valence-electron chi connectivity index (χ2n) is 4.86. The Bertz CT molecular complexity index is 479. The summed E-state index contributed by atoms with van der Waals surface area (Å²) < 4.78 is 1.72. The van der Waals surface area contributed by atoms with E-state index in [1.165, 1.54) is 0 Å². The molecule has 5 nitrogen and oxygen atoms in total. The number of hydrogen-bond acceptors (Lipinski definition) is 3. The quantitative estimate of drug-likeness (QED) is 0.793. The number of likely N-dealkylation sites (tertiary alicyclic amines) is 1. The first-order valence-corrected chi connectivity index (χ1v) is 6.39. The van der Waals surface area contributed by atoms with Gasteiger partial charge < -0.3 is 4.90 Å². The molecule has 1 aromatic heterocycles. The third kappa shape index (κ3) is 2.30. The van der Waals surface area contributed by atoms with Crippen molar-refractivity contribution in [3.8, 4) is 0 Å². The topological polar surface area (TPSA) is 55.2 Å². The van der Waals surface area contributed by atoms with Crippen LogP contribution in [0.5, 0.6) is 0 Å². The first kappa shape index (κ1) is 12.8. The van der Waals surface area contributed by atoms with Crippen LogP contribution in [0.1, 0.15) is 36.5 Å². The molecule has 1 aliphatic heterocycles. The Morgan fingerprint density at radius 1 is 1.56 bits per heavy atom. The molecule has 0 spiro atoms. The molecule has 2 rings (SSSR count). The molecule has 0 bridgehead atoms. The fourth-order valence-electron chi connectivity index (χ4n) is 2.32. The average Bonchev–Trinajstić information content (AvgIpc) is 2.73. The van der Waals surface area contributed by atoms with Crippen LogP contribution in [0.15, 0.2) is 6.07 Å². The van der Waals surface area contributed by atoms with Crippen molar-refractivity contribution >= 4 is 11.7 Å². The van der Waals surface area contributed by atoms with Gasteiger partial charge in [0.15, 0.2) is 0 Å². The minimum atomic E-state index is -0.0539. The normalized spacial score (nSPS) is 20.3. The summed E-state index contributed by atoms with van der Waals surface area (Å²) in [6.45, 7) is 7.44. The van der Waals surface area contributed by atoms with Crippen molar-refractivity contribution in [2.45, 2.75) is 33.7 Å². The lowest BCUT2D eigenvalue weighted by atomic mass is 9.98. The molecule has 0 N–H and O–H groups in total. The molecule has 0 aromatic carbocycles. The third-order valence-corrected chi connectivity index (χ3v) is 3.38. The summed E-state index contributed by atoms with van der Waals surface area (Å²) in [4.78, 5) is 25.6. The molecular formula is C13H19N3O2. The van der Waals surface area contributed by atoms with Crippen LogP contribution in [0.25, 0.3) is 0 Å². The Kier molecular flexibility index (Phi) is 3.50. The number of aryl methyl sites for hydroxylation is 2. The number of hydrogen-bond donors (Lipinski definition) is 0. The molecule has 0 saturated carbocycles. The molecule has 0 aliphatic carbocycles. The largest absolute Gasteiger partial charge is 0.336 e. The van der Waals surface area contributed by atoms with Gasteiger partial charge >= 0.3 is 0 Å². The highest BCUT2D eigenvalue weighted by molar-refractivity contribution is 5.94. The predicted molar refractivity (Wildman–Crippen MR) is 67.3 cm³/mol. The van der Waals surface area contributed by atoms with E-state index in [0.717, 1.165) is 5.69 Å². The van der Waals surface area contributed by atoms with Crippen molar-refractivity contribution in [1.82, 2.24) is 14.7 Å². The number of aromatic nitrogens is 2. The van der Waals surface area contributed by atoms with Gasteiger partial charge in [-0.05, 0) is 19.9 Å². The van der Waals surface area contributed by atoms with E-state index >= 15 is 0 Å². The lowest BCUT2D eigenvalue weighted by Crippen LogP contribution is -2.43. The number of carbonyl (C=O) groups excluding carboxylic acids is 2. The Hall–Kier alpha value is -1.65. The molecule has 1 amide bonds. The van der Waals surface area contributed by atoms with Crippen molar-refractivity contribution in [2.75, 3.05) is 13.1 Å². The van der Waals surface area contributed by atoms with Crippen LogP contribution in [-0.4, -0.2) is 39.5 Å². The molecule has 1 aliphatic rings. The van der Waals surface area contributed by atoms with Crippen LogP contribution < -0.4 is 0 Å². The maximum absolute atomic E-state index is 12.4. The van der Waals surface area contributed by atoms with Crippen LogP contribution in [0.2, 0.25) is 0 Å². The predicted octanol–water partition coefficient (Wildman–Crippen LogP) is 1.26. The van der Waals surface area contributed by atoms with Gasteiger partial charge in [-0.15, -0.1) is 0 Å². The number of ketones is 1. The monoisotopic (exact) mass is 249 g/mol. The molecule has 18 heavy (non-hydrogen) atoms. The van der Waals surface area contributed by atoms with Crippen molar-refractivity contribution in [3.63, 3.8) is 0 Å². The molecule has 0 radical (unpaired) electrons. The SMILES string of the molecule is CCn1nc(C)cc1C(=O)N1CCC(=O)C(C)C1. The second kappa shape index (κ2) is 4.92. The number of nitrogens with zero attached hydrogens (tertiary/aromatic N) is 3. The van der Waals surface area contributed by atoms with Gasteiger partial charge in [0.1, 0.15) is 11.5 Å². The van der Waals surface area contributed by atoms with E-state index < -0.39 is 0 Å². The summed E-state index contributed by atoms with van der Waals surface area (Å²) in [6.07, 6.45) is 0.464. The summed E-state index contributed by atoms with van der Waals surface area (Å²) >= 11 is 0. The lowest BCUT2D eigenvalue weighted by molar-refractivity contribution is -0.124. The minimum Gasteiger partial charge on any atom is -0.336 e. The van der Waals surface area contributed by atoms with Crippen molar-refractivity contribution in [3.05, 3.63) is 17.5 Å². The summed E-state index contributed by atoms with van der Waals surface area (Å²) in [7, 11) is 0. The van der Waals surface area contributed by atoms with Crippen LogP contribution in [0, 0.1) is 12.8 Å². The van der Waals surface area contributed by atoms with Crippen LogP contribution >= 0.6 is 0 Å². The second-order valence-corrected chi connectivity index (χ2v) is 4.86. The molecule has 1 unspecified atom stereocenters. The van der Waals surface area contributed by atoms with Crippen molar-refractivity contribution < 1.29 is 9.59 Å². The number of rotatable bonds is 2. The van der Waals surface area contributed by atoms with Gasteiger partial charge in [0.25, 0.3) is 5.91 Å². The Morgan fingerprint density at radius 2 is 2.28 bits per heavy atom. The number of carbonyl (C=O) groups is 2. The summed E-state index contributed by atoms with van der Waals surface area (Å²) in [6, 6.07) is 1.81. The molecule has 1 atom stereocenters. The Morgan fingerprint density at radius 3 is 2.89 bits per heavy atom. The molecule has 98 valence electrons. The standard InChI is InChI=1S/C13H19N3O2/c1-4-16-11(7-10(3)14-16)13(18)15-6-5-12(17)9(2)8-15/h7,9H,4-6,8H2,1-3H3. The highest BCUT2D eigenvalue weighted by atomic mass is 16.2. The summed E-state index contributed by atoms with van der Waals surface area (Å²) in [5, 5.41) is 4.28. The van der Waals surface area contributed by atoms with E-state index in [2.05, 4.69) is 5.10 Å². The zero-order valence-corrected chi connectivity index (χ0v) is 11.1. The van der Waals surface area contributed by atoms with E-state index in [1.54, 1.807) is 9.58 Å². The van der Waals surface area contributed by atoms with Crippen LogP contribution in [0.4, 0.5) is 0 Å². The summed E-state index contributed by atoms with van der Waals surface area (Å²) in [5.74, 6) is 0.179. The molecule has 1 fully saturated rings. The van der Waals surface area contributed by atoms with Gasteiger partial charge in [-0.3, -0.25) is 14.3 Å². The smallest absolute Gasteiger partial charge is 0.272 e. The fraction of sp³-hybridized carbons (Fsp3) is 0.615. The van der Waals surface area contributed by atoms with Gasteiger partial charge in [-0.25, -0.2) is 0 Å². The zero-order chi connectivity index (χ0) is 13.3. The van der Waals surface area contributed by atoms with E-state index in [9.17, 15) is 9.59 Å². The van der Waals surface area contributed by atoms with Crippen molar-refractivity contribution in [1.29, 1.82) is 0 Å². The van der Waals surface area contributed by atoms with Crippen LogP contribution in [0.3, 0.4) is 0 Å². The van der Waals surface area contributed by atoms with E-state index in [0.29, 0.717) is 31.7 Å². The average molecular weight is 249 g/mol. The first-order chi connectivity index (χ1) is 8.52. The maximum atomic E-state index is 12.4. The Balaban J connectivity index is 2.18. The maximum Gasteiger partial charge on any atom is 0.272 e. The highest BCUT2D eigenvalue weighted by Gasteiger charge is 2.28. The lowest BCUT2D eigenvalue weighted by Gasteiger charge is -2.30. The fourth-order valence-corrected chi connectivity index (χ4v) is 2.32. The minimum absolute atomic E-state index is 0.0169. The number of amides is 1. The highest BCUT2D eigenvalue weighted by Crippen LogP contribution is 2.16. The molecule has 1 aromatic rings. The molecule has 5 heteroatoms. The number of piperidine rings is 1. The van der Waals surface area contributed by atoms with Gasteiger partial charge in [-0.1, -0.05) is 6.92 Å². The first-order valence-electron chi connectivity index (χ1n) is 6.39. The molecule has 1 saturated heterocycles. The molecule has 2 heterocycles. The van der Waals surface area contributed by atoms with E-state index in [1.807, 2.05) is 26.8 Å². The summed E-state index contributed by atoms with van der Waals surface area (Å²) in [5.41, 5.74) is 1.47. The molecular weight excluding hydrogens is 230 g/mol. The zero-order valence-electron chi connectivity index (χ0n) is 11.1. The van der Waals surface area contributed by atoms with E-state index in [-0.39, 0.29) is 17.6 Å². The van der Waals surface area contributed by atoms with Crippen LogP contribution in [-0.2, 0) is 11.3 Å². The van der Waals surface area contributed by atoms with Gasteiger partial charge in [0.2, 0.25) is 0 Å². The van der Waals surface area contributed by atoms with Gasteiger partial charge in [0, 0.05) is 32.0 Å². The Labute approximate surface area is 107 Å². The third-order valence-electron chi connectivity index (χ3n) is 3.38. The van der Waals surface area contributed by atoms with Gasteiger partial charge in [0.05, 0.1) is 5.69 Å². The van der Waals surface area contributed by atoms with Crippen molar-refractivity contribution in [2.24, 2.45) is 5.92 Å².